The minimum Gasteiger partial charge on any atom is -1.00 e. The Hall–Kier alpha value is -1.87. The number of nitrogens with one attached hydrogen (secondary N) is 1. The molecule has 1 aromatic carbocycles. The first-order valence-corrected chi connectivity index (χ1v) is 9.51. The second-order valence-corrected chi connectivity index (χ2v) is 6.95. The van der Waals surface area contributed by atoms with Gasteiger partial charge in [-0.15, -0.1) is 0 Å². The fourth-order valence-electron chi connectivity index (χ4n) is 3.02. The largest absolute Gasteiger partial charge is 1.00 e. The van der Waals surface area contributed by atoms with Gasteiger partial charge in [0.15, 0.2) is 0 Å². The zero-order chi connectivity index (χ0) is 18.6. The van der Waals surface area contributed by atoms with Crippen LogP contribution in [-0.2, 0) is 9.47 Å². The van der Waals surface area contributed by atoms with Crippen molar-refractivity contribution in [2.75, 3.05) is 67.7 Å². The van der Waals surface area contributed by atoms with Crippen molar-refractivity contribution in [2.24, 2.45) is 0 Å². The third-order valence-electron chi connectivity index (χ3n) is 4.63. The van der Waals surface area contributed by atoms with Gasteiger partial charge in [0.05, 0.1) is 26.4 Å². The number of aryl methyl sites for hydroxylation is 1. The molecule has 2 fully saturated rings. The van der Waals surface area contributed by atoms with Crippen LogP contribution >= 0.6 is 11.6 Å². The highest BCUT2D eigenvalue weighted by atomic mass is 35.5. The maximum atomic E-state index is 6.25. The molecule has 152 valence electrons. The summed E-state index contributed by atoms with van der Waals surface area (Å²) in [5, 5.41) is 3.97. The summed E-state index contributed by atoms with van der Waals surface area (Å²) in [6, 6.07) is 5.81. The third-order valence-corrected chi connectivity index (χ3v) is 5.03. The lowest BCUT2D eigenvalue weighted by molar-refractivity contribution is -0.00000714. The fourth-order valence-corrected chi connectivity index (χ4v) is 3.20. The quantitative estimate of drug-likeness (QED) is 0.685. The van der Waals surface area contributed by atoms with Gasteiger partial charge in [-0.2, -0.15) is 15.0 Å². The molecule has 2 aliphatic rings. The number of nitrogens with zero attached hydrogens (tertiary/aromatic N) is 5. The van der Waals surface area contributed by atoms with E-state index in [9.17, 15) is 0 Å². The molecule has 2 saturated heterocycles. The van der Waals surface area contributed by atoms with E-state index in [1.165, 1.54) is 0 Å². The van der Waals surface area contributed by atoms with Gasteiger partial charge in [0.2, 0.25) is 17.8 Å². The van der Waals surface area contributed by atoms with E-state index < -0.39 is 0 Å². The third kappa shape index (κ3) is 4.94. The Morgan fingerprint density at radius 1 is 0.893 bits per heavy atom. The molecular formula is C18H23Cl2N6O2-. The maximum Gasteiger partial charge on any atom is 0.233 e. The highest BCUT2D eigenvalue weighted by Crippen LogP contribution is 2.24. The Kier molecular flexibility index (Phi) is 7.12. The molecule has 2 aromatic rings. The molecule has 4 rings (SSSR count). The number of hydrogen-bond donors (Lipinski definition) is 1. The lowest BCUT2D eigenvalue weighted by atomic mass is 10.2. The number of hydrogen-bond acceptors (Lipinski definition) is 8. The first-order valence-electron chi connectivity index (χ1n) is 9.14. The van der Waals surface area contributed by atoms with Crippen LogP contribution in [0.5, 0.6) is 0 Å². The van der Waals surface area contributed by atoms with E-state index >= 15 is 0 Å². The standard InChI is InChI=1S/C18H23ClN6O2.ClH/c1-13-2-3-14(12-15(13)19)20-16-21-17(24-4-8-26-9-5-24)23-18(22-16)25-6-10-27-11-7-25;/h2-3,12H,4-11H2,1H3,(H,20,21,22,23);1H/p-1. The number of ether oxygens (including phenoxy) is 2. The molecule has 28 heavy (non-hydrogen) atoms. The van der Waals surface area contributed by atoms with Crippen molar-refractivity contribution in [1.82, 2.24) is 15.0 Å². The van der Waals surface area contributed by atoms with Gasteiger partial charge in [0.25, 0.3) is 0 Å². The zero-order valence-corrected chi connectivity index (χ0v) is 17.2. The molecule has 2 aliphatic heterocycles. The maximum absolute atomic E-state index is 6.25. The topological polar surface area (TPSA) is 75.6 Å². The van der Waals surface area contributed by atoms with Crippen LogP contribution in [0.25, 0.3) is 0 Å². The van der Waals surface area contributed by atoms with Crippen LogP contribution in [0, 0.1) is 6.92 Å². The number of aromatic nitrogens is 3. The number of halogens is 2. The molecule has 8 nitrogen and oxygen atoms in total. The van der Waals surface area contributed by atoms with Crippen molar-refractivity contribution in [2.45, 2.75) is 6.92 Å². The lowest BCUT2D eigenvalue weighted by Crippen LogP contribution is -3.00. The molecule has 0 unspecified atom stereocenters. The molecule has 0 amide bonds. The predicted octanol–water partition coefficient (Wildman–Crippen LogP) is -0.746. The van der Waals surface area contributed by atoms with Crippen molar-refractivity contribution < 1.29 is 21.9 Å². The molecule has 0 radical (unpaired) electrons. The summed E-state index contributed by atoms with van der Waals surface area (Å²) in [6.07, 6.45) is 0. The summed E-state index contributed by atoms with van der Waals surface area (Å²) in [5.74, 6) is 1.83. The first kappa shape index (κ1) is 20.9. The van der Waals surface area contributed by atoms with Crippen molar-refractivity contribution in [3.8, 4) is 0 Å². The monoisotopic (exact) mass is 425 g/mol. The molecule has 0 bridgehead atoms. The van der Waals surface area contributed by atoms with Gasteiger partial charge in [-0.3, -0.25) is 0 Å². The SMILES string of the molecule is Cc1ccc(Nc2nc(N3CCOCC3)nc(N3CCOCC3)n2)cc1Cl.[Cl-]. The van der Waals surface area contributed by atoms with Gasteiger partial charge in [-0.25, -0.2) is 0 Å². The van der Waals surface area contributed by atoms with Crippen LogP contribution in [0.3, 0.4) is 0 Å². The minimum atomic E-state index is 0. The Bertz CT molecular complexity index is 761. The van der Waals surface area contributed by atoms with Gasteiger partial charge in [-0.05, 0) is 24.6 Å². The first-order chi connectivity index (χ1) is 13.2. The van der Waals surface area contributed by atoms with Crippen LogP contribution in [-0.4, -0.2) is 67.6 Å². The second kappa shape index (κ2) is 9.56. The van der Waals surface area contributed by atoms with Crippen LogP contribution in [0.4, 0.5) is 23.5 Å². The Morgan fingerprint density at radius 2 is 1.43 bits per heavy atom. The van der Waals surface area contributed by atoms with Crippen molar-refractivity contribution in [3.63, 3.8) is 0 Å². The van der Waals surface area contributed by atoms with E-state index in [4.69, 9.17) is 26.1 Å². The summed E-state index contributed by atoms with van der Waals surface area (Å²) in [7, 11) is 0. The Labute approximate surface area is 175 Å². The predicted molar refractivity (Wildman–Crippen MR) is 105 cm³/mol. The van der Waals surface area contributed by atoms with E-state index in [1.54, 1.807) is 0 Å². The van der Waals surface area contributed by atoms with Crippen LogP contribution in [0.2, 0.25) is 5.02 Å². The molecular weight excluding hydrogens is 403 g/mol. The molecule has 3 heterocycles. The van der Waals surface area contributed by atoms with Crippen molar-refractivity contribution >= 4 is 35.1 Å². The number of anilines is 4. The Balaban J connectivity index is 0.00000225. The van der Waals surface area contributed by atoms with Gasteiger partial charge in [0.1, 0.15) is 0 Å². The minimum absolute atomic E-state index is 0. The van der Waals surface area contributed by atoms with E-state index in [0.29, 0.717) is 49.3 Å². The van der Waals surface area contributed by atoms with E-state index in [-0.39, 0.29) is 12.4 Å². The zero-order valence-electron chi connectivity index (χ0n) is 15.7. The van der Waals surface area contributed by atoms with Gasteiger partial charge in [0, 0.05) is 36.9 Å². The molecule has 1 N–H and O–H groups in total. The molecule has 0 atom stereocenters. The summed E-state index contributed by atoms with van der Waals surface area (Å²) in [5.41, 5.74) is 1.87. The molecule has 0 aliphatic carbocycles. The molecule has 10 heteroatoms. The van der Waals surface area contributed by atoms with E-state index in [0.717, 1.165) is 37.4 Å². The summed E-state index contributed by atoms with van der Waals surface area (Å²) < 4.78 is 10.9. The van der Waals surface area contributed by atoms with E-state index in [2.05, 4.69) is 25.1 Å². The van der Waals surface area contributed by atoms with Crippen molar-refractivity contribution in [3.05, 3.63) is 28.8 Å². The normalized spacial score (nSPS) is 17.2. The van der Waals surface area contributed by atoms with Crippen LogP contribution in [0.1, 0.15) is 5.56 Å². The van der Waals surface area contributed by atoms with Gasteiger partial charge >= 0.3 is 0 Å². The number of morpholine rings is 2. The number of rotatable bonds is 4. The summed E-state index contributed by atoms with van der Waals surface area (Å²) >= 11 is 6.25. The average Bonchev–Trinajstić information content (AvgIpc) is 2.72. The van der Waals surface area contributed by atoms with E-state index in [1.807, 2.05) is 25.1 Å². The second-order valence-electron chi connectivity index (χ2n) is 6.55. The Morgan fingerprint density at radius 3 is 1.93 bits per heavy atom. The van der Waals surface area contributed by atoms with Gasteiger partial charge in [-0.1, -0.05) is 17.7 Å². The highest BCUT2D eigenvalue weighted by Gasteiger charge is 2.20. The molecule has 1 aromatic heterocycles. The van der Waals surface area contributed by atoms with Crippen LogP contribution in [0.15, 0.2) is 18.2 Å². The average molecular weight is 426 g/mol. The summed E-state index contributed by atoms with van der Waals surface area (Å²) in [6.45, 7) is 7.74. The smallest absolute Gasteiger partial charge is 0.233 e. The number of benzene rings is 1. The van der Waals surface area contributed by atoms with Crippen LogP contribution < -0.4 is 27.5 Å². The summed E-state index contributed by atoms with van der Waals surface area (Å²) in [4.78, 5) is 18.2. The molecule has 0 saturated carbocycles. The fraction of sp³-hybridized carbons (Fsp3) is 0.500. The molecule has 0 spiro atoms. The van der Waals surface area contributed by atoms with Gasteiger partial charge < -0.3 is 37.0 Å². The lowest BCUT2D eigenvalue weighted by Gasteiger charge is -2.30. The van der Waals surface area contributed by atoms with Crippen molar-refractivity contribution in [1.29, 1.82) is 0 Å². The highest BCUT2D eigenvalue weighted by molar-refractivity contribution is 6.31.